The van der Waals surface area contributed by atoms with Crippen LogP contribution in [0.15, 0.2) is 66.9 Å². The largest absolute Gasteiger partial charge is 0.477 e. The van der Waals surface area contributed by atoms with Crippen LogP contribution in [0.2, 0.25) is 0 Å². The number of alkyl carbamates (subject to hydrolysis) is 1. The van der Waals surface area contributed by atoms with E-state index < -0.39 is 24.0 Å². The third-order valence-electron chi connectivity index (χ3n) is 6.36. The Balaban J connectivity index is 1.42. The zero-order valence-electron chi connectivity index (χ0n) is 19.5. The molecule has 3 aromatic rings. The van der Waals surface area contributed by atoms with E-state index >= 15 is 0 Å². The molecule has 0 saturated heterocycles. The summed E-state index contributed by atoms with van der Waals surface area (Å²) in [6.45, 7) is 3.93. The molecule has 2 aromatic carbocycles. The van der Waals surface area contributed by atoms with Crippen LogP contribution in [0.3, 0.4) is 0 Å². The summed E-state index contributed by atoms with van der Waals surface area (Å²) in [4.78, 5) is 40.4. The van der Waals surface area contributed by atoms with Crippen molar-refractivity contribution in [2.24, 2.45) is 5.92 Å². The summed E-state index contributed by atoms with van der Waals surface area (Å²) in [6, 6.07) is 18.1. The van der Waals surface area contributed by atoms with Crippen molar-refractivity contribution in [2.45, 2.75) is 32.2 Å². The zero-order valence-corrected chi connectivity index (χ0v) is 19.5. The lowest BCUT2D eigenvalue weighted by Gasteiger charge is -2.24. The molecule has 4 rings (SSSR count). The Hall–Kier alpha value is -4.20. The summed E-state index contributed by atoms with van der Waals surface area (Å²) in [6.07, 6.45) is 1.24. The molecule has 0 saturated carbocycles. The number of carboxylic acid groups (broad SMARTS) is 1. The summed E-state index contributed by atoms with van der Waals surface area (Å²) in [5, 5.41) is 14.4. The van der Waals surface area contributed by atoms with Crippen molar-refractivity contribution in [3.63, 3.8) is 0 Å². The Kier molecular flexibility index (Phi) is 7.10. The van der Waals surface area contributed by atoms with Gasteiger partial charge in [0.1, 0.15) is 18.3 Å². The van der Waals surface area contributed by atoms with Gasteiger partial charge in [-0.25, -0.2) is 14.6 Å². The van der Waals surface area contributed by atoms with Gasteiger partial charge in [0, 0.05) is 5.92 Å². The van der Waals surface area contributed by atoms with Gasteiger partial charge < -0.3 is 20.5 Å². The second kappa shape index (κ2) is 10.4. The minimum Gasteiger partial charge on any atom is -0.477 e. The lowest BCUT2D eigenvalue weighted by atomic mass is 9.98. The molecule has 0 fully saturated rings. The molecule has 8 heteroatoms. The number of rotatable bonds is 8. The average Bonchev–Trinajstić information content (AvgIpc) is 3.19. The first-order chi connectivity index (χ1) is 16.9. The fourth-order valence-electron chi connectivity index (χ4n) is 4.28. The van der Waals surface area contributed by atoms with E-state index in [4.69, 9.17) is 9.84 Å². The van der Waals surface area contributed by atoms with Gasteiger partial charge in [0.15, 0.2) is 0 Å². The normalized spacial score (nSPS) is 13.8. The summed E-state index contributed by atoms with van der Waals surface area (Å²) in [5.74, 6) is -1.83. The highest BCUT2D eigenvalue weighted by atomic mass is 16.5. The molecular weight excluding hydrogens is 446 g/mol. The lowest BCUT2D eigenvalue weighted by molar-refractivity contribution is -0.119. The molecule has 0 aliphatic heterocycles. The standard InChI is InChI=1S/C27H27N3O5/c1-3-16(2)24(25(31)29-17-12-13-23(26(32)33)28-14-17)30-27(34)35-15-22-20-10-6-4-8-18(20)19-9-5-7-11-21(19)22/h4-14,16,22,24H,3,15H2,1-2H3,(H,29,31)(H,30,34)(H,32,33)/t16?,24-/m0/s1. The number of pyridine rings is 1. The van der Waals surface area contributed by atoms with Crippen molar-refractivity contribution in [3.8, 4) is 11.1 Å². The predicted molar refractivity (Wildman–Crippen MR) is 131 cm³/mol. The molecule has 2 amide bonds. The number of aromatic nitrogens is 1. The highest BCUT2D eigenvalue weighted by molar-refractivity contribution is 5.97. The molecule has 1 aliphatic carbocycles. The Bertz CT molecular complexity index is 1200. The lowest BCUT2D eigenvalue weighted by Crippen LogP contribution is -2.48. The van der Waals surface area contributed by atoms with Crippen LogP contribution < -0.4 is 10.6 Å². The quantitative estimate of drug-likeness (QED) is 0.438. The van der Waals surface area contributed by atoms with Crippen molar-refractivity contribution in [2.75, 3.05) is 11.9 Å². The van der Waals surface area contributed by atoms with Crippen LogP contribution in [0, 0.1) is 5.92 Å². The van der Waals surface area contributed by atoms with Gasteiger partial charge >= 0.3 is 12.1 Å². The van der Waals surface area contributed by atoms with Crippen LogP contribution in [-0.4, -0.2) is 40.7 Å². The first-order valence-electron chi connectivity index (χ1n) is 11.5. The number of ether oxygens (including phenoxy) is 1. The molecular formula is C27H27N3O5. The van der Waals surface area contributed by atoms with Gasteiger partial charge in [0.25, 0.3) is 0 Å². The summed E-state index contributed by atoms with van der Waals surface area (Å²) < 4.78 is 5.60. The second-order valence-corrected chi connectivity index (χ2v) is 8.56. The van der Waals surface area contributed by atoms with Gasteiger partial charge in [0.05, 0.1) is 11.9 Å². The van der Waals surface area contributed by atoms with Crippen molar-refractivity contribution in [3.05, 3.63) is 83.7 Å². The summed E-state index contributed by atoms with van der Waals surface area (Å²) >= 11 is 0. The van der Waals surface area contributed by atoms with E-state index in [1.807, 2.05) is 50.2 Å². The van der Waals surface area contributed by atoms with Gasteiger partial charge in [-0.3, -0.25) is 4.79 Å². The van der Waals surface area contributed by atoms with Gasteiger partial charge in [-0.15, -0.1) is 0 Å². The smallest absolute Gasteiger partial charge is 0.407 e. The molecule has 3 N–H and O–H groups in total. The minimum atomic E-state index is -1.16. The topological polar surface area (TPSA) is 118 Å². The van der Waals surface area contributed by atoms with Crippen molar-refractivity contribution in [1.82, 2.24) is 10.3 Å². The van der Waals surface area contributed by atoms with E-state index in [0.717, 1.165) is 22.3 Å². The van der Waals surface area contributed by atoms with Crippen molar-refractivity contribution >= 4 is 23.7 Å². The average molecular weight is 474 g/mol. The fourth-order valence-corrected chi connectivity index (χ4v) is 4.28. The molecule has 0 spiro atoms. The molecule has 0 radical (unpaired) electrons. The van der Waals surface area contributed by atoms with Crippen LogP contribution >= 0.6 is 0 Å². The first kappa shape index (κ1) is 23.9. The number of hydrogen-bond donors (Lipinski definition) is 3. The van der Waals surface area contributed by atoms with Crippen LogP contribution in [0.5, 0.6) is 0 Å². The van der Waals surface area contributed by atoms with E-state index in [0.29, 0.717) is 12.1 Å². The van der Waals surface area contributed by atoms with Gasteiger partial charge in [-0.2, -0.15) is 0 Å². The number of nitrogens with one attached hydrogen (secondary N) is 2. The number of benzene rings is 2. The number of carbonyl (C=O) groups excluding carboxylic acids is 2. The molecule has 8 nitrogen and oxygen atoms in total. The molecule has 180 valence electrons. The van der Waals surface area contributed by atoms with Gasteiger partial charge in [-0.1, -0.05) is 68.8 Å². The van der Waals surface area contributed by atoms with E-state index in [1.54, 1.807) is 0 Å². The summed E-state index contributed by atoms with van der Waals surface area (Å²) in [7, 11) is 0. The number of amides is 2. The third kappa shape index (κ3) is 5.16. The van der Waals surface area contributed by atoms with E-state index in [2.05, 4.69) is 27.8 Å². The highest BCUT2D eigenvalue weighted by Gasteiger charge is 2.31. The van der Waals surface area contributed by atoms with Crippen molar-refractivity contribution < 1.29 is 24.2 Å². The van der Waals surface area contributed by atoms with Gasteiger partial charge in [-0.05, 0) is 40.3 Å². The van der Waals surface area contributed by atoms with Gasteiger partial charge in [0.2, 0.25) is 5.91 Å². The predicted octanol–water partition coefficient (Wildman–Crippen LogP) is 4.67. The molecule has 2 atom stereocenters. The maximum atomic E-state index is 12.9. The number of hydrogen-bond acceptors (Lipinski definition) is 5. The van der Waals surface area contributed by atoms with E-state index in [1.165, 1.54) is 18.3 Å². The van der Waals surface area contributed by atoms with E-state index in [-0.39, 0.29) is 24.1 Å². The number of nitrogens with zero attached hydrogens (tertiary/aromatic N) is 1. The molecule has 1 aromatic heterocycles. The first-order valence-corrected chi connectivity index (χ1v) is 11.5. The molecule has 35 heavy (non-hydrogen) atoms. The van der Waals surface area contributed by atoms with Crippen LogP contribution in [-0.2, 0) is 9.53 Å². The fraction of sp³-hybridized carbons (Fsp3) is 0.259. The number of carbonyl (C=O) groups is 3. The number of anilines is 1. The Labute approximate surface area is 203 Å². The Morgan fingerprint density at radius 3 is 2.17 bits per heavy atom. The molecule has 1 unspecified atom stereocenters. The second-order valence-electron chi connectivity index (χ2n) is 8.56. The number of carboxylic acids is 1. The maximum absolute atomic E-state index is 12.9. The van der Waals surface area contributed by atoms with Crippen LogP contribution in [0.25, 0.3) is 11.1 Å². The Morgan fingerprint density at radius 1 is 1.00 bits per heavy atom. The number of fused-ring (bicyclic) bond motifs is 3. The van der Waals surface area contributed by atoms with Crippen LogP contribution in [0.1, 0.15) is 47.8 Å². The third-order valence-corrected chi connectivity index (χ3v) is 6.36. The van der Waals surface area contributed by atoms with E-state index in [9.17, 15) is 14.4 Å². The molecule has 0 bridgehead atoms. The maximum Gasteiger partial charge on any atom is 0.407 e. The zero-order chi connectivity index (χ0) is 24.9. The molecule has 1 heterocycles. The SMILES string of the molecule is CCC(C)[C@H](NC(=O)OCC1c2ccccc2-c2ccccc21)C(=O)Nc1ccc(C(=O)O)nc1. The monoisotopic (exact) mass is 473 g/mol. The summed E-state index contributed by atoms with van der Waals surface area (Å²) in [5.41, 5.74) is 4.69. The number of aromatic carboxylic acids is 1. The highest BCUT2D eigenvalue weighted by Crippen LogP contribution is 2.44. The Morgan fingerprint density at radius 2 is 1.63 bits per heavy atom. The van der Waals surface area contributed by atoms with Crippen LogP contribution in [0.4, 0.5) is 10.5 Å². The molecule has 1 aliphatic rings. The van der Waals surface area contributed by atoms with Crippen molar-refractivity contribution in [1.29, 1.82) is 0 Å². The minimum absolute atomic E-state index is 0.0807.